The molecule has 0 aliphatic heterocycles. The minimum absolute atomic E-state index is 0.00928. The molecule has 1 N–H and O–H groups in total. The fourth-order valence-corrected chi connectivity index (χ4v) is 3.19. The zero-order valence-electron chi connectivity index (χ0n) is 15.0. The minimum atomic E-state index is -2.44. The number of nitrogens with zero attached hydrogens (tertiary/aromatic N) is 2. The Labute approximate surface area is 161 Å². The third kappa shape index (κ3) is 3.73. The number of aryl methyl sites for hydroxylation is 1. The average Bonchev–Trinajstić information content (AvgIpc) is 2.69. The maximum Gasteiger partial charge on any atom is 0.337 e. The SMILES string of the molecule is COC(=O)c1ccc2c(c1)c(=O)n(Cc1ccc(NS(=O)[O-])cc1)c(=O)n2C. The number of esters is 1. The fourth-order valence-electron chi connectivity index (χ4n) is 2.86. The number of ether oxygens (including phenoxy) is 1. The summed E-state index contributed by atoms with van der Waals surface area (Å²) in [5.74, 6) is -0.583. The molecule has 9 nitrogen and oxygen atoms in total. The maximum atomic E-state index is 12.9. The zero-order chi connectivity index (χ0) is 20.4. The smallest absolute Gasteiger partial charge is 0.337 e. The molecule has 0 bridgehead atoms. The van der Waals surface area contributed by atoms with Gasteiger partial charge in [0.15, 0.2) is 0 Å². The van der Waals surface area contributed by atoms with Gasteiger partial charge in [-0.1, -0.05) is 12.1 Å². The van der Waals surface area contributed by atoms with Gasteiger partial charge < -0.3 is 14.0 Å². The van der Waals surface area contributed by atoms with Crippen LogP contribution in [0, 0.1) is 0 Å². The molecule has 0 saturated heterocycles. The molecule has 0 spiro atoms. The Morgan fingerprint density at radius 2 is 1.86 bits per heavy atom. The van der Waals surface area contributed by atoms with Crippen molar-refractivity contribution in [2.75, 3.05) is 11.8 Å². The number of benzene rings is 2. The second-order valence-corrected chi connectivity index (χ2v) is 6.66. The van der Waals surface area contributed by atoms with E-state index in [-0.39, 0.29) is 17.5 Å². The number of nitrogens with one attached hydrogen (secondary N) is 1. The first-order valence-electron chi connectivity index (χ1n) is 8.08. The van der Waals surface area contributed by atoms with Gasteiger partial charge in [-0.15, -0.1) is 0 Å². The van der Waals surface area contributed by atoms with Crippen molar-refractivity contribution in [3.63, 3.8) is 0 Å². The Morgan fingerprint density at radius 3 is 2.46 bits per heavy atom. The summed E-state index contributed by atoms with van der Waals surface area (Å²) >= 11 is -2.44. The van der Waals surface area contributed by atoms with E-state index < -0.39 is 28.5 Å². The van der Waals surface area contributed by atoms with E-state index in [1.165, 1.54) is 49.1 Å². The summed E-state index contributed by atoms with van der Waals surface area (Å²) in [7, 11) is 2.78. The predicted octanol–water partition coefficient (Wildman–Crippen LogP) is 0.741. The quantitative estimate of drug-likeness (QED) is 0.496. The second-order valence-electron chi connectivity index (χ2n) is 5.99. The topological polar surface area (TPSA) is 122 Å². The number of aromatic nitrogens is 2. The van der Waals surface area contributed by atoms with Gasteiger partial charge in [-0.25, -0.2) is 9.59 Å². The van der Waals surface area contributed by atoms with Gasteiger partial charge in [0.1, 0.15) is 0 Å². The van der Waals surface area contributed by atoms with Gasteiger partial charge in [-0.05, 0) is 35.9 Å². The Kier molecular flexibility index (Phi) is 5.43. The number of hydrogen-bond acceptors (Lipinski definition) is 6. The van der Waals surface area contributed by atoms with Gasteiger partial charge in [-0.3, -0.25) is 18.1 Å². The molecule has 0 aliphatic rings. The molecule has 1 heterocycles. The Balaban J connectivity index is 2.07. The Bertz CT molecular complexity index is 1200. The lowest BCUT2D eigenvalue weighted by molar-refractivity contribution is 0.0601. The van der Waals surface area contributed by atoms with Crippen LogP contribution >= 0.6 is 0 Å². The highest BCUT2D eigenvalue weighted by Crippen LogP contribution is 2.13. The standard InChI is InChI=1S/C18H17N3O6S/c1-20-15-8-5-12(17(23)27-2)9-14(15)16(22)21(18(20)24)10-11-3-6-13(7-4-11)19-28(25)26/h3-9,19H,10H2,1-2H3,(H,25,26)/p-1. The van der Waals surface area contributed by atoms with E-state index in [0.29, 0.717) is 16.8 Å². The Hall–Kier alpha value is -3.24. The van der Waals surface area contributed by atoms with Gasteiger partial charge in [0.25, 0.3) is 5.56 Å². The average molecular weight is 402 g/mol. The number of carbonyl (C=O) groups is 1. The van der Waals surface area contributed by atoms with Crippen LogP contribution < -0.4 is 16.0 Å². The van der Waals surface area contributed by atoms with Gasteiger partial charge in [-0.2, -0.15) is 0 Å². The lowest BCUT2D eigenvalue weighted by atomic mass is 10.1. The Morgan fingerprint density at radius 1 is 1.18 bits per heavy atom. The molecule has 1 atom stereocenters. The highest BCUT2D eigenvalue weighted by atomic mass is 32.2. The normalized spacial score (nSPS) is 12.0. The van der Waals surface area contributed by atoms with E-state index in [0.717, 1.165) is 4.57 Å². The third-order valence-electron chi connectivity index (χ3n) is 4.27. The summed E-state index contributed by atoms with van der Waals surface area (Å²) in [6, 6.07) is 10.7. The number of anilines is 1. The number of methoxy groups -OCH3 is 1. The molecule has 0 radical (unpaired) electrons. The summed E-state index contributed by atoms with van der Waals surface area (Å²) in [4.78, 5) is 37.3. The molecule has 1 aromatic heterocycles. The van der Waals surface area contributed by atoms with Crippen molar-refractivity contribution in [3.8, 4) is 0 Å². The molecule has 0 saturated carbocycles. The van der Waals surface area contributed by atoms with Gasteiger partial charge in [0.05, 0.1) is 30.1 Å². The van der Waals surface area contributed by atoms with Crippen molar-refractivity contribution in [3.05, 3.63) is 74.4 Å². The first-order valence-corrected chi connectivity index (χ1v) is 9.16. The van der Waals surface area contributed by atoms with E-state index in [4.69, 9.17) is 0 Å². The van der Waals surface area contributed by atoms with Crippen LogP contribution in [0.25, 0.3) is 10.9 Å². The van der Waals surface area contributed by atoms with E-state index in [9.17, 15) is 23.1 Å². The van der Waals surface area contributed by atoms with Crippen LogP contribution in [0.4, 0.5) is 5.69 Å². The summed E-state index contributed by atoms with van der Waals surface area (Å²) in [6.45, 7) is -0.00928. The van der Waals surface area contributed by atoms with Crippen LogP contribution in [0.15, 0.2) is 52.1 Å². The minimum Gasteiger partial charge on any atom is -0.755 e. The maximum absolute atomic E-state index is 12.9. The zero-order valence-corrected chi connectivity index (χ0v) is 15.8. The molecule has 10 heteroatoms. The van der Waals surface area contributed by atoms with Crippen molar-refractivity contribution in [2.45, 2.75) is 6.54 Å². The van der Waals surface area contributed by atoms with Crippen LogP contribution in [0.1, 0.15) is 15.9 Å². The van der Waals surface area contributed by atoms with Crippen molar-refractivity contribution < 1.29 is 18.3 Å². The molecule has 2 aromatic carbocycles. The van der Waals surface area contributed by atoms with Gasteiger partial charge in [0.2, 0.25) is 0 Å². The van der Waals surface area contributed by atoms with E-state index >= 15 is 0 Å². The monoisotopic (exact) mass is 402 g/mol. The van der Waals surface area contributed by atoms with Crippen LogP contribution in [-0.2, 0) is 29.6 Å². The van der Waals surface area contributed by atoms with Crippen LogP contribution in [0.3, 0.4) is 0 Å². The molecule has 28 heavy (non-hydrogen) atoms. The van der Waals surface area contributed by atoms with Crippen molar-refractivity contribution in [1.29, 1.82) is 0 Å². The molecule has 0 amide bonds. The molecular formula is C18H16N3O6S-. The lowest BCUT2D eigenvalue weighted by Crippen LogP contribution is -2.39. The summed E-state index contributed by atoms with van der Waals surface area (Å²) in [6.07, 6.45) is 0. The predicted molar refractivity (Wildman–Crippen MR) is 103 cm³/mol. The number of carbonyl (C=O) groups excluding carboxylic acids is 1. The van der Waals surface area contributed by atoms with Crippen molar-refractivity contribution in [1.82, 2.24) is 9.13 Å². The molecule has 3 rings (SSSR count). The number of hydrogen-bond donors (Lipinski definition) is 1. The van der Waals surface area contributed by atoms with Crippen LogP contribution in [0.2, 0.25) is 0 Å². The van der Waals surface area contributed by atoms with Gasteiger partial charge >= 0.3 is 11.7 Å². The van der Waals surface area contributed by atoms with Crippen molar-refractivity contribution >= 4 is 33.8 Å². The third-order valence-corrected chi connectivity index (χ3v) is 4.67. The van der Waals surface area contributed by atoms with E-state index in [1.807, 2.05) is 0 Å². The molecule has 3 aromatic rings. The number of rotatable bonds is 5. The second kappa shape index (κ2) is 7.79. The molecule has 0 aliphatic carbocycles. The first kappa shape index (κ1) is 19.5. The lowest BCUT2D eigenvalue weighted by Gasteiger charge is -2.12. The summed E-state index contributed by atoms with van der Waals surface area (Å²) in [5, 5.41) is 0.213. The first-order chi connectivity index (χ1) is 13.3. The highest BCUT2D eigenvalue weighted by molar-refractivity contribution is 7.80. The van der Waals surface area contributed by atoms with E-state index in [2.05, 4.69) is 9.46 Å². The van der Waals surface area contributed by atoms with Crippen LogP contribution in [0.5, 0.6) is 0 Å². The molecule has 0 fully saturated rings. The van der Waals surface area contributed by atoms with E-state index in [1.54, 1.807) is 12.1 Å². The molecule has 146 valence electrons. The van der Waals surface area contributed by atoms with Gasteiger partial charge in [0, 0.05) is 24.0 Å². The summed E-state index contributed by atoms with van der Waals surface area (Å²) < 4.78 is 30.6. The molecule has 1 unspecified atom stereocenters. The fraction of sp³-hybridized carbons (Fsp3) is 0.167. The number of fused-ring (bicyclic) bond motifs is 1. The van der Waals surface area contributed by atoms with Crippen molar-refractivity contribution in [2.24, 2.45) is 7.05 Å². The van der Waals surface area contributed by atoms with Crippen LogP contribution in [-0.4, -0.2) is 31.0 Å². The largest absolute Gasteiger partial charge is 0.755 e. The molecular weight excluding hydrogens is 386 g/mol. The highest BCUT2D eigenvalue weighted by Gasteiger charge is 2.14. The summed E-state index contributed by atoms with van der Waals surface area (Å²) in [5.41, 5.74) is 0.552.